The SMILES string of the molecule is O=C([C@@H]1COc2ccccc2O1)N(c1ccccc1)c1ccccc1. The van der Waals surface area contributed by atoms with Gasteiger partial charge in [0.25, 0.3) is 5.91 Å². The number of anilines is 2. The third-order valence-corrected chi connectivity index (χ3v) is 4.03. The Balaban J connectivity index is 1.67. The van der Waals surface area contributed by atoms with E-state index in [4.69, 9.17) is 9.47 Å². The van der Waals surface area contributed by atoms with Crippen molar-refractivity contribution in [2.75, 3.05) is 11.5 Å². The minimum absolute atomic E-state index is 0.160. The lowest BCUT2D eigenvalue weighted by molar-refractivity contribution is -0.126. The molecule has 0 aliphatic carbocycles. The van der Waals surface area contributed by atoms with Crippen LogP contribution >= 0.6 is 0 Å². The molecule has 1 atom stereocenters. The monoisotopic (exact) mass is 331 g/mol. The van der Waals surface area contributed by atoms with Gasteiger partial charge < -0.3 is 9.47 Å². The predicted molar refractivity (Wildman–Crippen MR) is 96.4 cm³/mol. The van der Waals surface area contributed by atoms with Crippen LogP contribution in [0.1, 0.15) is 0 Å². The van der Waals surface area contributed by atoms with Crippen LogP contribution in [0.25, 0.3) is 0 Å². The minimum atomic E-state index is -0.699. The standard InChI is InChI=1S/C21H17NO3/c23-21(20-15-24-18-13-7-8-14-19(18)25-20)22(16-9-3-1-4-10-16)17-11-5-2-6-12-17/h1-14,20H,15H2/t20-/m0/s1. The summed E-state index contributed by atoms with van der Waals surface area (Å²) < 4.78 is 11.6. The van der Waals surface area contributed by atoms with Crippen LogP contribution in [0, 0.1) is 0 Å². The first-order chi connectivity index (χ1) is 12.3. The number of hydrogen-bond acceptors (Lipinski definition) is 3. The fourth-order valence-electron chi connectivity index (χ4n) is 2.84. The van der Waals surface area contributed by atoms with Gasteiger partial charge in [0.2, 0.25) is 6.10 Å². The topological polar surface area (TPSA) is 38.8 Å². The van der Waals surface area contributed by atoms with Crippen molar-refractivity contribution in [1.82, 2.24) is 0 Å². The normalized spacial score (nSPS) is 15.4. The molecule has 0 bridgehead atoms. The first kappa shape index (κ1) is 15.3. The lowest BCUT2D eigenvalue weighted by atomic mass is 10.2. The summed E-state index contributed by atoms with van der Waals surface area (Å²) in [4.78, 5) is 14.9. The Hall–Kier alpha value is -3.27. The van der Waals surface area contributed by atoms with Gasteiger partial charge in [-0.2, -0.15) is 0 Å². The number of nitrogens with zero attached hydrogens (tertiary/aromatic N) is 1. The molecule has 3 aromatic rings. The van der Waals surface area contributed by atoms with Gasteiger partial charge in [0.05, 0.1) is 0 Å². The number of fused-ring (bicyclic) bond motifs is 1. The van der Waals surface area contributed by atoms with Crippen LogP contribution in [0.4, 0.5) is 11.4 Å². The molecular formula is C21H17NO3. The van der Waals surface area contributed by atoms with Crippen molar-refractivity contribution >= 4 is 17.3 Å². The molecule has 1 aliphatic rings. The van der Waals surface area contributed by atoms with Gasteiger partial charge in [0.1, 0.15) is 6.61 Å². The fraction of sp³-hybridized carbons (Fsp3) is 0.0952. The van der Waals surface area contributed by atoms with Gasteiger partial charge in [0, 0.05) is 11.4 Å². The zero-order valence-corrected chi connectivity index (χ0v) is 13.5. The maximum atomic E-state index is 13.2. The Morgan fingerprint density at radius 2 is 1.28 bits per heavy atom. The molecule has 1 amide bonds. The van der Waals surface area contributed by atoms with Crippen molar-refractivity contribution in [3.8, 4) is 11.5 Å². The third-order valence-electron chi connectivity index (χ3n) is 4.03. The van der Waals surface area contributed by atoms with E-state index in [1.165, 1.54) is 0 Å². The van der Waals surface area contributed by atoms with Crippen LogP contribution in [-0.4, -0.2) is 18.6 Å². The molecule has 124 valence electrons. The zero-order valence-electron chi connectivity index (χ0n) is 13.5. The minimum Gasteiger partial charge on any atom is -0.485 e. The van der Waals surface area contributed by atoms with E-state index in [1.54, 1.807) is 4.90 Å². The largest absolute Gasteiger partial charge is 0.485 e. The Labute approximate surface area is 146 Å². The van der Waals surface area contributed by atoms with Crippen LogP contribution in [0.2, 0.25) is 0 Å². The molecule has 0 N–H and O–H groups in total. The van der Waals surface area contributed by atoms with Gasteiger partial charge >= 0.3 is 0 Å². The van der Waals surface area contributed by atoms with Crippen molar-refractivity contribution in [3.05, 3.63) is 84.9 Å². The number of carbonyl (C=O) groups excluding carboxylic acids is 1. The van der Waals surface area contributed by atoms with E-state index in [0.29, 0.717) is 11.5 Å². The van der Waals surface area contributed by atoms with Crippen LogP contribution in [-0.2, 0) is 4.79 Å². The van der Waals surface area contributed by atoms with Crippen molar-refractivity contribution < 1.29 is 14.3 Å². The summed E-state index contributed by atoms with van der Waals surface area (Å²) in [5.41, 5.74) is 1.59. The van der Waals surface area contributed by atoms with E-state index >= 15 is 0 Å². The second-order valence-corrected chi connectivity index (χ2v) is 5.71. The average Bonchev–Trinajstić information content (AvgIpc) is 2.69. The van der Waals surface area contributed by atoms with Crippen molar-refractivity contribution in [2.45, 2.75) is 6.10 Å². The molecule has 0 saturated carbocycles. The van der Waals surface area contributed by atoms with Crippen LogP contribution in [0.5, 0.6) is 11.5 Å². The summed E-state index contributed by atoms with van der Waals surface area (Å²) in [7, 11) is 0. The quantitative estimate of drug-likeness (QED) is 0.722. The summed E-state index contributed by atoms with van der Waals surface area (Å²) in [6, 6.07) is 26.5. The number of para-hydroxylation sites is 4. The first-order valence-corrected chi connectivity index (χ1v) is 8.15. The molecule has 0 saturated heterocycles. The molecule has 1 aliphatic heterocycles. The van der Waals surface area contributed by atoms with Gasteiger partial charge in [-0.1, -0.05) is 48.5 Å². The van der Waals surface area contributed by atoms with Gasteiger partial charge in [0.15, 0.2) is 11.5 Å². The molecule has 25 heavy (non-hydrogen) atoms. The van der Waals surface area contributed by atoms with E-state index in [9.17, 15) is 4.79 Å². The van der Waals surface area contributed by atoms with Crippen LogP contribution in [0.15, 0.2) is 84.9 Å². The first-order valence-electron chi connectivity index (χ1n) is 8.15. The number of benzene rings is 3. The van der Waals surface area contributed by atoms with Crippen molar-refractivity contribution in [2.24, 2.45) is 0 Å². The number of carbonyl (C=O) groups is 1. The zero-order chi connectivity index (χ0) is 17.1. The highest BCUT2D eigenvalue weighted by molar-refractivity contribution is 6.03. The predicted octanol–water partition coefficient (Wildman–Crippen LogP) is 4.19. The number of amides is 1. The van der Waals surface area contributed by atoms with E-state index in [2.05, 4.69) is 0 Å². The molecule has 4 nitrogen and oxygen atoms in total. The highest BCUT2D eigenvalue weighted by Crippen LogP contribution is 2.33. The summed E-state index contributed by atoms with van der Waals surface area (Å²) in [6.45, 7) is 0.187. The van der Waals surface area contributed by atoms with Gasteiger partial charge in [-0.15, -0.1) is 0 Å². The number of hydrogen-bond donors (Lipinski definition) is 0. The molecule has 0 radical (unpaired) electrons. The maximum absolute atomic E-state index is 13.2. The smallest absolute Gasteiger partial charge is 0.276 e. The van der Waals surface area contributed by atoms with Crippen molar-refractivity contribution in [3.63, 3.8) is 0 Å². The van der Waals surface area contributed by atoms with E-state index in [1.807, 2.05) is 84.9 Å². The van der Waals surface area contributed by atoms with Gasteiger partial charge in [-0.05, 0) is 36.4 Å². The van der Waals surface area contributed by atoms with Gasteiger partial charge in [-0.25, -0.2) is 0 Å². The Morgan fingerprint density at radius 3 is 1.88 bits per heavy atom. The molecule has 0 aromatic heterocycles. The van der Waals surface area contributed by atoms with Crippen LogP contribution in [0.3, 0.4) is 0 Å². The lowest BCUT2D eigenvalue weighted by Crippen LogP contribution is -2.44. The molecule has 3 aromatic carbocycles. The van der Waals surface area contributed by atoms with Gasteiger partial charge in [-0.3, -0.25) is 9.69 Å². The van der Waals surface area contributed by atoms with E-state index < -0.39 is 6.10 Å². The fourth-order valence-corrected chi connectivity index (χ4v) is 2.84. The molecule has 4 heteroatoms. The lowest BCUT2D eigenvalue weighted by Gasteiger charge is -2.30. The highest BCUT2D eigenvalue weighted by Gasteiger charge is 2.32. The summed E-state index contributed by atoms with van der Waals surface area (Å²) in [5, 5.41) is 0. The van der Waals surface area contributed by atoms with E-state index in [-0.39, 0.29) is 12.5 Å². The highest BCUT2D eigenvalue weighted by atomic mass is 16.6. The van der Waals surface area contributed by atoms with Crippen molar-refractivity contribution in [1.29, 1.82) is 0 Å². The summed E-state index contributed by atoms with van der Waals surface area (Å²) in [6.07, 6.45) is -0.699. The van der Waals surface area contributed by atoms with Crippen LogP contribution < -0.4 is 14.4 Å². The number of rotatable bonds is 3. The Morgan fingerprint density at radius 1 is 0.760 bits per heavy atom. The van der Waals surface area contributed by atoms with E-state index in [0.717, 1.165) is 11.4 Å². The maximum Gasteiger partial charge on any atom is 0.276 e. The summed E-state index contributed by atoms with van der Waals surface area (Å²) >= 11 is 0. The summed E-state index contributed by atoms with van der Waals surface area (Å²) in [5.74, 6) is 1.09. The molecule has 0 fully saturated rings. The molecule has 0 spiro atoms. The molecule has 4 rings (SSSR count). The Kier molecular flexibility index (Phi) is 4.09. The Bertz CT molecular complexity index is 825. The third kappa shape index (κ3) is 3.06. The molecule has 1 heterocycles. The number of ether oxygens (including phenoxy) is 2. The molecular weight excluding hydrogens is 314 g/mol. The molecule has 0 unspecified atom stereocenters. The second kappa shape index (κ2) is 6.69. The average molecular weight is 331 g/mol. The second-order valence-electron chi connectivity index (χ2n) is 5.71.